The first-order valence-corrected chi connectivity index (χ1v) is 5.78. The fraction of sp³-hybridized carbons (Fsp3) is 0.500. The molecule has 1 atom stereocenters. The minimum absolute atomic E-state index is 0.0101. The van der Waals surface area contributed by atoms with Gasteiger partial charge in [0.1, 0.15) is 0 Å². The molecule has 98 valence electrons. The van der Waals surface area contributed by atoms with Crippen molar-refractivity contribution in [1.29, 1.82) is 0 Å². The van der Waals surface area contributed by atoms with Gasteiger partial charge in [0.15, 0.2) is 11.5 Å². The van der Waals surface area contributed by atoms with Crippen molar-refractivity contribution in [2.24, 2.45) is 0 Å². The van der Waals surface area contributed by atoms with Crippen molar-refractivity contribution in [3.63, 3.8) is 0 Å². The Morgan fingerprint density at radius 1 is 1.22 bits per heavy atom. The summed E-state index contributed by atoms with van der Waals surface area (Å²) in [6.45, 7) is 1.26. The molecule has 0 radical (unpaired) electrons. The van der Waals surface area contributed by atoms with Crippen molar-refractivity contribution < 1.29 is 22.6 Å². The highest BCUT2D eigenvalue weighted by molar-refractivity contribution is 5.55. The Morgan fingerprint density at radius 3 is 2.72 bits per heavy atom. The van der Waals surface area contributed by atoms with Gasteiger partial charge in [0.25, 0.3) is 0 Å². The average Bonchev–Trinajstić information content (AvgIpc) is 2.97. The minimum atomic E-state index is -4.36. The van der Waals surface area contributed by atoms with Crippen LogP contribution in [0.4, 0.5) is 13.2 Å². The van der Waals surface area contributed by atoms with E-state index >= 15 is 0 Å². The van der Waals surface area contributed by atoms with Crippen molar-refractivity contribution in [2.45, 2.75) is 18.5 Å². The lowest BCUT2D eigenvalue weighted by Gasteiger charge is -2.19. The number of fused-ring (bicyclic) bond motifs is 1. The molecule has 1 fully saturated rings. The Hall–Kier alpha value is -1.43. The lowest BCUT2D eigenvalue weighted by Crippen LogP contribution is -2.15. The standard InChI is InChI=1S/C12H12F3NO2/c13-12(14,15)8-1-2-9-11(18-6-17-9)10(8)7-3-4-16-5-7/h1-2,7,16H,3-6H2. The molecular weight excluding hydrogens is 247 g/mol. The van der Waals surface area contributed by atoms with Gasteiger partial charge in [-0.15, -0.1) is 0 Å². The van der Waals surface area contributed by atoms with E-state index in [1.54, 1.807) is 0 Å². The molecular formula is C12H12F3NO2. The fourth-order valence-corrected chi connectivity index (χ4v) is 2.55. The van der Waals surface area contributed by atoms with Gasteiger partial charge in [-0.05, 0) is 25.1 Å². The summed E-state index contributed by atoms with van der Waals surface area (Å²) in [5.41, 5.74) is -0.372. The molecule has 1 N–H and O–H groups in total. The highest BCUT2D eigenvalue weighted by atomic mass is 19.4. The first kappa shape index (κ1) is 11.6. The van der Waals surface area contributed by atoms with E-state index in [1.807, 2.05) is 0 Å². The molecule has 3 nitrogen and oxygen atoms in total. The van der Waals surface area contributed by atoms with E-state index in [9.17, 15) is 13.2 Å². The van der Waals surface area contributed by atoms with Crippen molar-refractivity contribution in [3.05, 3.63) is 23.3 Å². The predicted octanol–water partition coefficient (Wildman–Crippen LogP) is 2.51. The van der Waals surface area contributed by atoms with Crippen LogP contribution < -0.4 is 14.8 Å². The summed E-state index contributed by atoms with van der Waals surface area (Å²) in [5, 5.41) is 3.08. The summed E-state index contributed by atoms with van der Waals surface area (Å²) in [6.07, 6.45) is -3.68. The van der Waals surface area contributed by atoms with Crippen LogP contribution in [0.2, 0.25) is 0 Å². The Labute approximate surface area is 102 Å². The summed E-state index contributed by atoms with van der Waals surface area (Å²) < 4.78 is 49.5. The number of halogens is 3. The average molecular weight is 259 g/mol. The van der Waals surface area contributed by atoms with Gasteiger partial charge in [-0.1, -0.05) is 0 Å². The predicted molar refractivity (Wildman–Crippen MR) is 57.8 cm³/mol. The third kappa shape index (κ3) is 1.80. The van der Waals surface area contributed by atoms with Gasteiger partial charge in [0.05, 0.1) is 5.56 Å². The zero-order valence-electron chi connectivity index (χ0n) is 9.51. The molecule has 0 amide bonds. The van der Waals surface area contributed by atoms with E-state index in [2.05, 4.69) is 5.32 Å². The number of hydrogen-bond donors (Lipinski definition) is 1. The Morgan fingerprint density at radius 2 is 2.06 bits per heavy atom. The van der Waals surface area contributed by atoms with Gasteiger partial charge < -0.3 is 14.8 Å². The summed E-state index contributed by atoms with van der Waals surface area (Å²) >= 11 is 0. The van der Waals surface area contributed by atoms with Crippen molar-refractivity contribution in [1.82, 2.24) is 5.32 Å². The number of rotatable bonds is 1. The molecule has 1 unspecified atom stereocenters. The van der Waals surface area contributed by atoms with Crippen molar-refractivity contribution >= 4 is 0 Å². The molecule has 2 aliphatic heterocycles. The summed E-state index contributed by atoms with van der Waals surface area (Å²) in [4.78, 5) is 0. The van der Waals surface area contributed by atoms with Crippen LogP contribution in [0.15, 0.2) is 12.1 Å². The van der Waals surface area contributed by atoms with Gasteiger partial charge >= 0.3 is 6.18 Å². The van der Waals surface area contributed by atoms with Gasteiger partial charge in [-0.2, -0.15) is 13.2 Å². The van der Waals surface area contributed by atoms with Crippen LogP contribution in [-0.2, 0) is 6.18 Å². The molecule has 1 aromatic rings. The molecule has 3 rings (SSSR count). The highest BCUT2D eigenvalue weighted by Crippen LogP contribution is 2.47. The molecule has 0 aromatic heterocycles. The SMILES string of the molecule is FC(F)(F)c1ccc2c(c1C1CCNC1)OCO2. The zero-order valence-corrected chi connectivity index (χ0v) is 9.51. The Bertz CT molecular complexity index is 467. The second-order valence-electron chi connectivity index (χ2n) is 4.45. The second kappa shape index (κ2) is 4.05. The highest BCUT2D eigenvalue weighted by Gasteiger charge is 2.39. The fourth-order valence-electron chi connectivity index (χ4n) is 2.55. The topological polar surface area (TPSA) is 30.5 Å². The lowest BCUT2D eigenvalue weighted by atomic mass is 9.91. The summed E-state index contributed by atoms with van der Waals surface area (Å²) in [6, 6.07) is 2.41. The zero-order chi connectivity index (χ0) is 12.8. The minimum Gasteiger partial charge on any atom is -0.454 e. The summed E-state index contributed by atoms with van der Waals surface area (Å²) in [5.74, 6) is 0.502. The molecule has 0 bridgehead atoms. The lowest BCUT2D eigenvalue weighted by molar-refractivity contribution is -0.138. The molecule has 1 saturated heterocycles. The van der Waals surface area contributed by atoms with Crippen LogP contribution >= 0.6 is 0 Å². The molecule has 6 heteroatoms. The summed E-state index contributed by atoms with van der Waals surface area (Å²) in [7, 11) is 0. The number of ether oxygens (including phenoxy) is 2. The van der Waals surface area contributed by atoms with Gasteiger partial charge in [0, 0.05) is 18.0 Å². The molecule has 2 heterocycles. The third-order valence-electron chi connectivity index (χ3n) is 3.35. The van der Waals surface area contributed by atoms with E-state index in [4.69, 9.17) is 9.47 Å². The molecule has 0 saturated carbocycles. The van der Waals surface area contributed by atoms with Crippen LogP contribution in [0.25, 0.3) is 0 Å². The molecule has 18 heavy (non-hydrogen) atoms. The van der Waals surface area contributed by atoms with E-state index in [0.29, 0.717) is 18.7 Å². The van der Waals surface area contributed by atoms with Crippen molar-refractivity contribution in [2.75, 3.05) is 19.9 Å². The largest absolute Gasteiger partial charge is 0.454 e. The first-order chi connectivity index (χ1) is 8.57. The number of hydrogen-bond acceptors (Lipinski definition) is 3. The molecule has 0 aliphatic carbocycles. The Kier molecular flexibility index (Phi) is 2.62. The number of alkyl halides is 3. The van der Waals surface area contributed by atoms with Gasteiger partial charge in [-0.3, -0.25) is 0 Å². The van der Waals surface area contributed by atoms with Crippen LogP contribution in [0.1, 0.15) is 23.5 Å². The maximum absolute atomic E-state index is 13.1. The van der Waals surface area contributed by atoms with Gasteiger partial charge in [-0.25, -0.2) is 0 Å². The van der Waals surface area contributed by atoms with Crippen LogP contribution in [0.5, 0.6) is 11.5 Å². The van der Waals surface area contributed by atoms with Crippen LogP contribution in [-0.4, -0.2) is 19.9 Å². The monoisotopic (exact) mass is 259 g/mol. The molecule has 0 spiro atoms. The second-order valence-corrected chi connectivity index (χ2v) is 4.45. The van der Waals surface area contributed by atoms with E-state index < -0.39 is 11.7 Å². The van der Waals surface area contributed by atoms with E-state index in [-0.39, 0.29) is 24.0 Å². The smallest absolute Gasteiger partial charge is 0.416 e. The van der Waals surface area contributed by atoms with Crippen LogP contribution in [0.3, 0.4) is 0 Å². The molecule has 1 aromatic carbocycles. The quantitative estimate of drug-likeness (QED) is 0.840. The normalized spacial score (nSPS) is 22.5. The van der Waals surface area contributed by atoms with Crippen molar-refractivity contribution in [3.8, 4) is 11.5 Å². The maximum atomic E-state index is 13.1. The third-order valence-corrected chi connectivity index (χ3v) is 3.35. The Balaban J connectivity index is 2.14. The van der Waals surface area contributed by atoms with Gasteiger partial charge in [0.2, 0.25) is 6.79 Å². The van der Waals surface area contributed by atoms with E-state index in [1.165, 1.54) is 6.07 Å². The maximum Gasteiger partial charge on any atom is 0.416 e. The van der Waals surface area contributed by atoms with Crippen LogP contribution in [0, 0.1) is 0 Å². The number of benzene rings is 1. The van der Waals surface area contributed by atoms with E-state index in [0.717, 1.165) is 12.6 Å². The number of nitrogens with one attached hydrogen (secondary N) is 1. The molecule has 2 aliphatic rings. The first-order valence-electron chi connectivity index (χ1n) is 5.78.